The Kier molecular flexibility index (Phi) is 5.77. The van der Waals surface area contributed by atoms with Gasteiger partial charge < -0.3 is 4.90 Å². The largest absolute Gasteiger partial charge is 0.316 e. The molecule has 2 atom stereocenters. The first-order valence-corrected chi connectivity index (χ1v) is 12.9. The number of amides is 1. The fraction of sp³-hybridized carbons (Fsp3) is 0.391. The van der Waals surface area contributed by atoms with E-state index in [2.05, 4.69) is 31.0 Å². The van der Waals surface area contributed by atoms with Gasteiger partial charge in [0, 0.05) is 10.9 Å². The third-order valence-corrected chi connectivity index (χ3v) is 8.77. The Morgan fingerprint density at radius 3 is 2.57 bits per heavy atom. The number of amidine groups is 1. The van der Waals surface area contributed by atoms with Crippen LogP contribution in [0.3, 0.4) is 0 Å². The summed E-state index contributed by atoms with van der Waals surface area (Å²) in [7, 11) is -3.08. The van der Waals surface area contributed by atoms with Gasteiger partial charge in [-0.2, -0.15) is 4.99 Å². The molecule has 0 bridgehead atoms. The molecule has 0 radical (unpaired) electrons. The molecule has 30 heavy (non-hydrogen) atoms. The first-order chi connectivity index (χ1) is 14.2. The van der Waals surface area contributed by atoms with E-state index in [1.807, 2.05) is 48.2 Å². The van der Waals surface area contributed by atoms with E-state index in [0.717, 1.165) is 16.8 Å². The molecule has 5 nitrogen and oxygen atoms in total. The van der Waals surface area contributed by atoms with Crippen LogP contribution in [0.5, 0.6) is 0 Å². The van der Waals surface area contributed by atoms with Gasteiger partial charge in [0.15, 0.2) is 15.0 Å². The lowest BCUT2D eigenvalue weighted by Crippen LogP contribution is -2.37. The fourth-order valence-corrected chi connectivity index (χ4v) is 7.96. The summed E-state index contributed by atoms with van der Waals surface area (Å²) in [5.74, 6) is 0.431. The van der Waals surface area contributed by atoms with Crippen molar-refractivity contribution in [2.75, 3.05) is 16.4 Å². The molecule has 2 aliphatic heterocycles. The molecule has 2 heterocycles. The van der Waals surface area contributed by atoms with Gasteiger partial charge in [0.2, 0.25) is 0 Å². The van der Waals surface area contributed by atoms with Gasteiger partial charge >= 0.3 is 0 Å². The molecule has 2 fully saturated rings. The van der Waals surface area contributed by atoms with Gasteiger partial charge in [0.25, 0.3) is 5.91 Å². The number of thioether (sulfide) groups is 1. The van der Waals surface area contributed by atoms with Gasteiger partial charge in [-0.15, -0.1) is 0 Å². The maximum atomic E-state index is 12.7. The van der Waals surface area contributed by atoms with Gasteiger partial charge in [-0.1, -0.05) is 67.6 Å². The Labute approximate surface area is 182 Å². The Morgan fingerprint density at radius 2 is 1.90 bits per heavy atom. The number of benzene rings is 2. The minimum absolute atomic E-state index is 0.0923. The summed E-state index contributed by atoms with van der Waals surface area (Å²) >= 11 is 1.41. The zero-order valence-electron chi connectivity index (χ0n) is 17.4. The van der Waals surface area contributed by atoms with Gasteiger partial charge in [-0.05, 0) is 36.1 Å². The molecule has 2 saturated heterocycles. The zero-order chi connectivity index (χ0) is 21.5. The predicted molar refractivity (Wildman–Crippen MR) is 124 cm³/mol. The van der Waals surface area contributed by atoms with Crippen LogP contribution in [0.2, 0.25) is 0 Å². The number of hydrogen-bond donors (Lipinski definition) is 0. The van der Waals surface area contributed by atoms with Crippen LogP contribution in [0.25, 0.3) is 0 Å². The van der Waals surface area contributed by atoms with Crippen molar-refractivity contribution in [3.63, 3.8) is 0 Å². The molecule has 0 aliphatic carbocycles. The SMILES string of the molecule is Cc1cccc(CC(=O)N=C2S[C@H]3CS(=O)(=O)C[C@@H]3N2c2ccc(C(C)C)cc2)c1. The average Bonchev–Trinajstić information content (AvgIpc) is 3.12. The molecule has 2 aromatic rings. The maximum Gasteiger partial charge on any atom is 0.252 e. The van der Waals surface area contributed by atoms with Crippen molar-refractivity contribution in [1.82, 2.24) is 0 Å². The van der Waals surface area contributed by atoms with E-state index >= 15 is 0 Å². The number of nitrogens with zero attached hydrogens (tertiary/aromatic N) is 2. The van der Waals surface area contributed by atoms with Crippen molar-refractivity contribution in [1.29, 1.82) is 0 Å². The standard InChI is InChI=1S/C23H26N2O3S2/c1-15(2)18-7-9-19(10-8-18)25-20-13-30(27,28)14-21(20)29-23(25)24-22(26)12-17-6-4-5-16(3)11-17/h4-11,15,20-21H,12-14H2,1-3H3/t20-,21-/m0/s1. The summed E-state index contributed by atoms with van der Waals surface area (Å²) in [6, 6.07) is 15.8. The van der Waals surface area contributed by atoms with Gasteiger partial charge in [0.1, 0.15) is 0 Å². The average molecular weight is 443 g/mol. The van der Waals surface area contributed by atoms with Crippen LogP contribution in [-0.4, -0.2) is 42.3 Å². The lowest BCUT2D eigenvalue weighted by molar-refractivity contribution is -0.117. The normalized spacial score (nSPS) is 23.9. The highest BCUT2D eigenvalue weighted by atomic mass is 32.2. The number of fused-ring (bicyclic) bond motifs is 1. The lowest BCUT2D eigenvalue weighted by Gasteiger charge is -2.25. The molecule has 0 N–H and O–H groups in total. The smallest absolute Gasteiger partial charge is 0.252 e. The highest BCUT2D eigenvalue weighted by Gasteiger charge is 2.49. The van der Waals surface area contributed by atoms with Crippen LogP contribution < -0.4 is 4.90 Å². The first kappa shape index (κ1) is 21.1. The summed E-state index contributed by atoms with van der Waals surface area (Å²) in [6.45, 7) is 6.27. The molecule has 0 saturated carbocycles. The van der Waals surface area contributed by atoms with Crippen LogP contribution in [0, 0.1) is 6.92 Å². The van der Waals surface area contributed by atoms with Crippen molar-refractivity contribution < 1.29 is 13.2 Å². The zero-order valence-corrected chi connectivity index (χ0v) is 19.0. The topological polar surface area (TPSA) is 66.8 Å². The number of rotatable bonds is 4. The van der Waals surface area contributed by atoms with Crippen LogP contribution in [-0.2, 0) is 21.1 Å². The molecule has 158 valence electrons. The van der Waals surface area contributed by atoms with Crippen LogP contribution in [0.1, 0.15) is 36.5 Å². The molecule has 0 spiro atoms. The van der Waals surface area contributed by atoms with Crippen molar-refractivity contribution >= 4 is 38.4 Å². The molecule has 4 rings (SSSR count). The van der Waals surface area contributed by atoms with Crippen molar-refractivity contribution in [3.8, 4) is 0 Å². The molecular weight excluding hydrogens is 416 g/mol. The van der Waals surface area contributed by atoms with E-state index < -0.39 is 9.84 Å². The summed E-state index contributed by atoms with van der Waals surface area (Å²) < 4.78 is 24.4. The third-order valence-electron chi connectivity index (χ3n) is 5.56. The second kappa shape index (κ2) is 8.19. The monoisotopic (exact) mass is 442 g/mol. The highest BCUT2D eigenvalue weighted by molar-refractivity contribution is 8.16. The van der Waals surface area contributed by atoms with Gasteiger partial charge in [-0.25, -0.2) is 8.42 Å². The van der Waals surface area contributed by atoms with Crippen molar-refractivity contribution in [3.05, 3.63) is 65.2 Å². The van der Waals surface area contributed by atoms with Gasteiger partial charge in [0.05, 0.1) is 24.0 Å². The van der Waals surface area contributed by atoms with E-state index in [1.54, 1.807) is 0 Å². The Bertz CT molecular complexity index is 1090. The molecular formula is C23H26N2O3S2. The Morgan fingerprint density at radius 1 is 1.17 bits per heavy atom. The van der Waals surface area contributed by atoms with E-state index in [1.165, 1.54) is 17.3 Å². The minimum Gasteiger partial charge on any atom is -0.316 e. The second-order valence-electron chi connectivity index (χ2n) is 8.37. The summed E-state index contributed by atoms with van der Waals surface area (Å²) in [6.07, 6.45) is 0.236. The first-order valence-electron chi connectivity index (χ1n) is 10.2. The third kappa shape index (κ3) is 4.47. The van der Waals surface area contributed by atoms with Gasteiger partial charge in [-0.3, -0.25) is 4.79 Å². The summed E-state index contributed by atoms with van der Waals surface area (Å²) in [5, 5.41) is 0.514. The van der Waals surface area contributed by atoms with E-state index in [9.17, 15) is 13.2 Å². The number of sulfone groups is 1. The molecule has 2 aromatic carbocycles. The number of anilines is 1. The molecule has 0 aromatic heterocycles. The quantitative estimate of drug-likeness (QED) is 0.717. The van der Waals surface area contributed by atoms with Crippen LogP contribution in [0.4, 0.5) is 5.69 Å². The molecule has 7 heteroatoms. The number of carbonyl (C=O) groups is 1. The van der Waals surface area contributed by atoms with Crippen LogP contribution >= 0.6 is 11.8 Å². The van der Waals surface area contributed by atoms with E-state index in [-0.39, 0.29) is 35.1 Å². The second-order valence-corrected chi connectivity index (χ2v) is 11.7. The molecule has 0 unspecified atom stereocenters. The van der Waals surface area contributed by atoms with Crippen molar-refractivity contribution in [2.45, 2.75) is 44.4 Å². The minimum atomic E-state index is -3.08. The molecule has 1 amide bonds. The number of hydrogen-bond acceptors (Lipinski definition) is 4. The molecule has 2 aliphatic rings. The van der Waals surface area contributed by atoms with Crippen LogP contribution in [0.15, 0.2) is 53.5 Å². The predicted octanol–water partition coefficient (Wildman–Crippen LogP) is 3.96. The summed E-state index contributed by atoms with van der Waals surface area (Å²) in [4.78, 5) is 19.1. The number of aliphatic imine (C=N–C) groups is 1. The summed E-state index contributed by atoms with van der Waals surface area (Å²) in [5.41, 5.74) is 4.14. The lowest BCUT2D eigenvalue weighted by atomic mass is 10.0. The number of aryl methyl sites for hydroxylation is 1. The van der Waals surface area contributed by atoms with Crippen molar-refractivity contribution in [2.24, 2.45) is 4.99 Å². The van der Waals surface area contributed by atoms with E-state index in [0.29, 0.717) is 11.1 Å². The Hall–Kier alpha value is -2.12. The highest BCUT2D eigenvalue weighted by Crippen LogP contribution is 2.41. The Balaban J connectivity index is 1.63. The number of carbonyl (C=O) groups excluding carboxylic acids is 1. The fourth-order valence-electron chi connectivity index (χ4n) is 4.03. The maximum absolute atomic E-state index is 12.7. The van der Waals surface area contributed by atoms with E-state index in [4.69, 9.17) is 0 Å².